The zero-order chi connectivity index (χ0) is 22.1. The van der Waals surface area contributed by atoms with Gasteiger partial charge in [0.2, 0.25) is 0 Å². The number of esters is 2. The normalized spacial score (nSPS) is 15.8. The number of anilines is 2. The van der Waals surface area contributed by atoms with Crippen molar-refractivity contribution >= 4 is 33.5 Å². The largest absolute Gasteiger partial charge is 0.419 e. The summed E-state index contributed by atoms with van der Waals surface area (Å²) in [5.74, 6) is -2.34. The maximum atomic E-state index is 12.6. The zero-order valence-electron chi connectivity index (χ0n) is 16.7. The molecule has 0 atom stereocenters. The molecule has 1 aromatic carbocycles. The molecule has 0 amide bonds. The number of benzene rings is 1. The molecule has 30 heavy (non-hydrogen) atoms. The second kappa shape index (κ2) is 7.75. The van der Waals surface area contributed by atoms with Crippen LogP contribution in [0.5, 0.6) is 0 Å². The second-order valence-electron chi connectivity index (χ2n) is 6.95. The van der Waals surface area contributed by atoms with Crippen LogP contribution in [0.1, 0.15) is 25.4 Å². The first-order valence-corrected chi connectivity index (χ1v) is 10.3. The highest BCUT2D eigenvalue weighted by molar-refractivity contribution is 7.92. The third kappa shape index (κ3) is 4.92. The van der Waals surface area contributed by atoms with Gasteiger partial charge in [-0.1, -0.05) is 0 Å². The van der Waals surface area contributed by atoms with Crippen LogP contribution in [-0.4, -0.2) is 36.1 Å². The molecule has 1 aliphatic heterocycles. The van der Waals surface area contributed by atoms with Crippen molar-refractivity contribution in [1.29, 1.82) is 0 Å². The number of carbonyl (C=O) groups is 2. The van der Waals surface area contributed by atoms with Gasteiger partial charge < -0.3 is 14.8 Å². The molecule has 1 aliphatic rings. The number of aryl methyl sites for hydroxylation is 2. The topological polar surface area (TPSA) is 137 Å². The van der Waals surface area contributed by atoms with Gasteiger partial charge in [0.15, 0.2) is 5.57 Å². The molecule has 10 nitrogen and oxygen atoms in total. The number of cyclic esters (lactones) is 2. The molecule has 158 valence electrons. The van der Waals surface area contributed by atoms with Gasteiger partial charge in [-0.15, -0.1) is 0 Å². The van der Waals surface area contributed by atoms with Crippen molar-refractivity contribution < 1.29 is 27.5 Å². The number of ether oxygens (including phenoxy) is 2. The van der Waals surface area contributed by atoms with Crippen LogP contribution >= 0.6 is 0 Å². The van der Waals surface area contributed by atoms with Gasteiger partial charge in [-0.3, -0.25) is 4.72 Å². The Morgan fingerprint density at radius 3 is 2.17 bits per heavy atom. The Kier molecular flexibility index (Phi) is 5.49. The first-order valence-electron chi connectivity index (χ1n) is 8.84. The van der Waals surface area contributed by atoms with E-state index in [0.29, 0.717) is 17.2 Å². The van der Waals surface area contributed by atoms with Crippen molar-refractivity contribution in [3.8, 4) is 0 Å². The number of rotatable bonds is 5. The van der Waals surface area contributed by atoms with Crippen LogP contribution in [0.4, 0.5) is 11.5 Å². The van der Waals surface area contributed by atoms with Crippen LogP contribution < -0.4 is 10.0 Å². The monoisotopic (exact) mass is 432 g/mol. The van der Waals surface area contributed by atoms with Crippen LogP contribution in [0.25, 0.3) is 0 Å². The molecular weight excluding hydrogens is 412 g/mol. The van der Waals surface area contributed by atoms with Crippen LogP contribution in [0, 0.1) is 13.8 Å². The molecule has 1 saturated heterocycles. The summed E-state index contributed by atoms with van der Waals surface area (Å²) in [6.07, 6.45) is 1.15. The van der Waals surface area contributed by atoms with E-state index in [1.165, 1.54) is 44.2 Å². The van der Waals surface area contributed by atoms with Crippen molar-refractivity contribution in [2.45, 2.75) is 38.4 Å². The van der Waals surface area contributed by atoms with E-state index in [-0.39, 0.29) is 16.3 Å². The number of sulfonamides is 1. The summed E-state index contributed by atoms with van der Waals surface area (Å²) < 4.78 is 37.5. The molecule has 11 heteroatoms. The number of aromatic nitrogens is 2. The summed E-state index contributed by atoms with van der Waals surface area (Å²) >= 11 is 0. The molecule has 0 saturated carbocycles. The highest BCUT2D eigenvalue weighted by Crippen LogP contribution is 2.23. The van der Waals surface area contributed by atoms with Crippen LogP contribution in [-0.2, 0) is 29.1 Å². The molecule has 0 unspecified atom stereocenters. The zero-order valence-corrected chi connectivity index (χ0v) is 17.5. The quantitative estimate of drug-likeness (QED) is 0.413. The number of hydrogen-bond acceptors (Lipinski definition) is 9. The molecular formula is C19H20N4O6S. The first kappa shape index (κ1) is 21.2. The molecule has 2 heterocycles. The van der Waals surface area contributed by atoms with Gasteiger partial charge in [-0.25, -0.2) is 28.0 Å². The molecule has 0 spiro atoms. The Morgan fingerprint density at radius 1 is 1.00 bits per heavy atom. The van der Waals surface area contributed by atoms with Gasteiger partial charge >= 0.3 is 11.9 Å². The summed E-state index contributed by atoms with van der Waals surface area (Å²) in [6.45, 7) is 6.30. The summed E-state index contributed by atoms with van der Waals surface area (Å²) in [5.41, 5.74) is 0.777. The minimum atomic E-state index is -3.86. The average Bonchev–Trinajstić information content (AvgIpc) is 2.59. The fourth-order valence-electron chi connectivity index (χ4n) is 2.63. The van der Waals surface area contributed by atoms with Gasteiger partial charge in [0.05, 0.1) is 4.90 Å². The molecule has 1 fully saturated rings. The molecule has 0 radical (unpaired) electrons. The fourth-order valence-corrected chi connectivity index (χ4v) is 3.62. The minimum Gasteiger partial charge on any atom is -0.419 e. The van der Waals surface area contributed by atoms with Gasteiger partial charge in [0.25, 0.3) is 15.8 Å². The summed E-state index contributed by atoms with van der Waals surface area (Å²) in [6, 6.07) is 7.21. The lowest BCUT2D eigenvalue weighted by Gasteiger charge is -2.29. The summed E-state index contributed by atoms with van der Waals surface area (Å²) in [5, 5.41) is 2.75. The number of nitrogens with zero attached hydrogens (tertiary/aromatic N) is 2. The van der Waals surface area contributed by atoms with Gasteiger partial charge in [0.1, 0.15) is 11.6 Å². The van der Waals surface area contributed by atoms with Crippen molar-refractivity contribution in [2.24, 2.45) is 0 Å². The maximum absolute atomic E-state index is 12.6. The summed E-state index contributed by atoms with van der Waals surface area (Å²) in [4.78, 5) is 32.0. The third-order valence-electron chi connectivity index (χ3n) is 3.87. The van der Waals surface area contributed by atoms with E-state index in [9.17, 15) is 18.0 Å². The van der Waals surface area contributed by atoms with Gasteiger partial charge in [0, 0.05) is 37.5 Å². The molecule has 1 aromatic heterocycles. The van der Waals surface area contributed by atoms with E-state index in [0.717, 1.165) is 6.20 Å². The molecule has 3 rings (SSSR count). The van der Waals surface area contributed by atoms with Gasteiger partial charge in [-0.2, -0.15) is 0 Å². The first-order chi connectivity index (χ1) is 13.9. The van der Waals surface area contributed by atoms with E-state index < -0.39 is 27.7 Å². The number of nitrogens with one attached hydrogen (secondary N) is 2. The number of hydrogen-bond donors (Lipinski definition) is 2. The van der Waals surface area contributed by atoms with Crippen LogP contribution in [0.2, 0.25) is 0 Å². The molecule has 0 bridgehead atoms. The standard InChI is InChI=1S/C19H20N4O6S/c1-11-9-16(22-12(2)21-11)23-30(26,27)14-7-5-13(6-8-14)20-10-15-17(24)28-19(3,4)29-18(15)25/h5-10,20H,1-4H3,(H,21,22,23). The Balaban J connectivity index is 1.73. The van der Waals surface area contributed by atoms with E-state index in [1.807, 2.05) is 0 Å². The second-order valence-corrected chi connectivity index (χ2v) is 8.64. The van der Waals surface area contributed by atoms with Crippen LogP contribution in [0.15, 0.2) is 47.0 Å². The van der Waals surface area contributed by atoms with E-state index >= 15 is 0 Å². The van der Waals surface area contributed by atoms with Crippen molar-refractivity contribution in [2.75, 3.05) is 10.0 Å². The third-order valence-corrected chi connectivity index (χ3v) is 5.24. The minimum absolute atomic E-state index is 0.00727. The Bertz CT molecular complexity index is 1100. The Hall–Kier alpha value is -3.47. The fraction of sp³-hybridized carbons (Fsp3) is 0.263. The lowest BCUT2D eigenvalue weighted by molar-refractivity contribution is -0.222. The van der Waals surface area contributed by atoms with Gasteiger partial charge in [-0.05, 0) is 38.1 Å². The van der Waals surface area contributed by atoms with E-state index in [4.69, 9.17) is 9.47 Å². The Labute approximate surface area is 173 Å². The maximum Gasteiger partial charge on any atom is 0.350 e. The predicted molar refractivity (Wildman–Crippen MR) is 107 cm³/mol. The van der Waals surface area contributed by atoms with Crippen molar-refractivity contribution in [3.63, 3.8) is 0 Å². The smallest absolute Gasteiger partial charge is 0.350 e. The van der Waals surface area contributed by atoms with E-state index in [1.54, 1.807) is 13.8 Å². The highest BCUT2D eigenvalue weighted by atomic mass is 32.2. The summed E-state index contributed by atoms with van der Waals surface area (Å²) in [7, 11) is -3.86. The molecule has 0 aliphatic carbocycles. The van der Waals surface area contributed by atoms with E-state index in [2.05, 4.69) is 20.0 Å². The lowest BCUT2D eigenvalue weighted by atomic mass is 10.2. The predicted octanol–water partition coefficient (Wildman–Crippen LogP) is 2.03. The van der Waals surface area contributed by atoms with Crippen LogP contribution in [0.3, 0.4) is 0 Å². The number of carbonyl (C=O) groups excluding carboxylic acids is 2. The lowest BCUT2D eigenvalue weighted by Crippen LogP contribution is -2.42. The van der Waals surface area contributed by atoms with Crippen molar-refractivity contribution in [1.82, 2.24) is 9.97 Å². The highest BCUT2D eigenvalue weighted by Gasteiger charge is 2.38. The SMILES string of the molecule is Cc1cc(NS(=O)(=O)c2ccc(NC=C3C(=O)OC(C)(C)OC3=O)cc2)nc(C)n1. The molecule has 2 aromatic rings. The average molecular weight is 432 g/mol. The molecule has 2 N–H and O–H groups in total. The Morgan fingerprint density at radius 2 is 1.60 bits per heavy atom. The van der Waals surface area contributed by atoms with Crippen molar-refractivity contribution in [3.05, 3.63) is 53.6 Å².